The lowest BCUT2D eigenvalue weighted by Crippen LogP contribution is -2.31. The molecule has 1 aliphatic heterocycles. The summed E-state index contributed by atoms with van der Waals surface area (Å²) in [5, 5.41) is 3.77. The summed E-state index contributed by atoms with van der Waals surface area (Å²) in [5.41, 5.74) is 2.81. The molecule has 30 heavy (non-hydrogen) atoms. The van der Waals surface area contributed by atoms with Crippen molar-refractivity contribution in [2.75, 3.05) is 31.6 Å². The van der Waals surface area contributed by atoms with Gasteiger partial charge in [-0.1, -0.05) is 37.7 Å². The molecule has 0 spiro atoms. The minimum Gasteiger partial charge on any atom is -0.376 e. The van der Waals surface area contributed by atoms with Crippen LogP contribution in [0.5, 0.6) is 0 Å². The number of rotatable bonds is 10. The number of thioether (sulfide) groups is 1. The Morgan fingerprint density at radius 1 is 1.30 bits per heavy atom. The number of carbonyl (C=O) groups excluding carboxylic acids is 1. The zero-order valence-electron chi connectivity index (χ0n) is 18.2. The van der Waals surface area contributed by atoms with E-state index in [2.05, 4.69) is 42.2 Å². The van der Waals surface area contributed by atoms with Crippen LogP contribution in [0.3, 0.4) is 0 Å². The molecule has 0 aliphatic carbocycles. The van der Waals surface area contributed by atoms with Gasteiger partial charge in [-0.25, -0.2) is 9.97 Å². The second-order valence-electron chi connectivity index (χ2n) is 7.61. The van der Waals surface area contributed by atoms with E-state index in [1.165, 1.54) is 0 Å². The Kier molecular flexibility index (Phi) is 8.51. The highest BCUT2D eigenvalue weighted by Crippen LogP contribution is 2.23. The average molecular weight is 429 g/mol. The lowest BCUT2D eigenvalue weighted by atomic mass is 10.1. The first-order chi connectivity index (χ1) is 14.6. The van der Waals surface area contributed by atoms with Crippen LogP contribution in [0, 0.1) is 0 Å². The number of hydrogen-bond acceptors (Lipinski definition) is 6. The molecule has 1 fully saturated rings. The highest BCUT2D eigenvalue weighted by atomic mass is 32.2. The van der Waals surface area contributed by atoms with Gasteiger partial charge in [-0.15, -0.1) is 0 Å². The van der Waals surface area contributed by atoms with Crippen LogP contribution in [-0.4, -0.2) is 48.7 Å². The van der Waals surface area contributed by atoms with Crippen LogP contribution >= 0.6 is 11.8 Å². The van der Waals surface area contributed by atoms with Crippen LogP contribution in [0.25, 0.3) is 0 Å². The maximum atomic E-state index is 12.5. The molecule has 1 unspecified atom stereocenters. The largest absolute Gasteiger partial charge is 0.376 e. The van der Waals surface area contributed by atoms with Crippen molar-refractivity contribution in [3.05, 3.63) is 47.2 Å². The van der Waals surface area contributed by atoms with Gasteiger partial charge in [0.2, 0.25) is 0 Å². The Balaban J connectivity index is 1.62. The van der Waals surface area contributed by atoms with Gasteiger partial charge in [0, 0.05) is 49.8 Å². The molecule has 3 rings (SSSR count). The van der Waals surface area contributed by atoms with E-state index in [0.29, 0.717) is 12.1 Å². The Morgan fingerprint density at radius 3 is 2.90 bits per heavy atom. The second-order valence-corrected chi connectivity index (χ2v) is 8.55. The first-order valence-corrected chi connectivity index (χ1v) is 11.8. The van der Waals surface area contributed by atoms with Crippen molar-refractivity contribution in [1.82, 2.24) is 15.3 Å². The van der Waals surface area contributed by atoms with E-state index in [1.54, 1.807) is 11.8 Å². The van der Waals surface area contributed by atoms with Crippen LogP contribution in [0.4, 0.5) is 5.82 Å². The molecule has 162 valence electrons. The molecule has 0 bridgehead atoms. The van der Waals surface area contributed by atoms with Crippen LogP contribution < -0.4 is 10.2 Å². The predicted octanol–water partition coefficient (Wildman–Crippen LogP) is 4.09. The first-order valence-electron chi connectivity index (χ1n) is 10.8. The Labute approximate surface area is 183 Å². The Bertz CT molecular complexity index is 840. The topological polar surface area (TPSA) is 67.4 Å². The molecule has 0 saturated carbocycles. The average Bonchev–Trinajstić information content (AvgIpc) is 3.30. The van der Waals surface area contributed by atoms with Crippen LogP contribution in [0.15, 0.2) is 35.5 Å². The summed E-state index contributed by atoms with van der Waals surface area (Å²) in [6.45, 7) is 6.61. The van der Waals surface area contributed by atoms with Gasteiger partial charge in [0.05, 0.1) is 6.10 Å². The van der Waals surface area contributed by atoms with Gasteiger partial charge in [-0.2, -0.15) is 0 Å². The monoisotopic (exact) mass is 428 g/mol. The third kappa shape index (κ3) is 6.44. The van der Waals surface area contributed by atoms with Crippen molar-refractivity contribution in [3.63, 3.8) is 0 Å². The maximum absolute atomic E-state index is 12.5. The van der Waals surface area contributed by atoms with Crippen LogP contribution in [-0.2, 0) is 16.9 Å². The van der Waals surface area contributed by atoms with E-state index in [9.17, 15) is 4.79 Å². The van der Waals surface area contributed by atoms with Crippen molar-refractivity contribution in [2.24, 2.45) is 0 Å². The van der Waals surface area contributed by atoms with E-state index in [4.69, 9.17) is 9.72 Å². The van der Waals surface area contributed by atoms with Gasteiger partial charge in [0.15, 0.2) is 5.16 Å². The van der Waals surface area contributed by atoms with E-state index in [-0.39, 0.29) is 12.0 Å². The number of amides is 1. The molecule has 1 saturated heterocycles. The minimum absolute atomic E-state index is 0.0509. The Morgan fingerprint density at radius 2 is 2.17 bits per heavy atom. The molecule has 1 aromatic carbocycles. The highest BCUT2D eigenvalue weighted by molar-refractivity contribution is 7.98. The molecular formula is C23H32N4O2S. The summed E-state index contributed by atoms with van der Waals surface area (Å²) in [6.07, 6.45) is 4.19. The standard InChI is InChI=1S/C23H32N4O2S/c1-4-11-27(3)21-14-19(5-2)25-23(26-21)30-16-17-8-6-9-18(13-17)22(28)24-15-20-10-7-12-29-20/h6,8-9,13-14,20H,4-5,7,10-12,15-16H2,1-3H3,(H,24,28). The lowest BCUT2D eigenvalue weighted by Gasteiger charge is -2.18. The number of ether oxygens (including phenoxy) is 1. The van der Waals surface area contributed by atoms with Crippen LogP contribution in [0.1, 0.15) is 54.7 Å². The molecule has 1 atom stereocenters. The van der Waals surface area contributed by atoms with Crippen molar-refractivity contribution in [2.45, 2.75) is 56.5 Å². The molecule has 2 aromatic rings. The van der Waals surface area contributed by atoms with E-state index in [0.717, 1.165) is 66.8 Å². The SMILES string of the molecule is CCCN(C)c1cc(CC)nc(SCc2cccc(C(=O)NCC3CCCO3)c2)n1. The predicted molar refractivity (Wildman–Crippen MR) is 122 cm³/mol. The van der Waals surface area contributed by atoms with E-state index >= 15 is 0 Å². The number of aryl methyl sites for hydroxylation is 1. The molecule has 1 aliphatic rings. The van der Waals surface area contributed by atoms with Gasteiger partial charge in [-0.3, -0.25) is 4.79 Å². The number of nitrogens with zero attached hydrogens (tertiary/aromatic N) is 3. The molecule has 1 N–H and O–H groups in total. The number of carbonyl (C=O) groups is 1. The van der Waals surface area contributed by atoms with Crippen molar-refractivity contribution < 1.29 is 9.53 Å². The van der Waals surface area contributed by atoms with Gasteiger partial charge < -0.3 is 15.0 Å². The van der Waals surface area contributed by atoms with Crippen LogP contribution in [0.2, 0.25) is 0 Å². The van der Waals surface area contributed by atoms with Crippen molar-refractivity contribution in [1.29, 1.82) is 0 Å². The molecule has 7 heteroatoms. The highest BCUT2D eigenvalue weighted by Gasteiger charge is 2.17. The summed E-state index contributed by atoms with van der Waals surface area (Å²) in [5.74, 6) is 1.63. The molecule has 0 radical (unpaired) electrons. The van der Waals surface area contributed by atoms with Gasteiger partial charge in [0.25, 0.3) is 5.91 Å². The zero-order chi connectivity index (χ0) is 21.3. The number of benzene rings is 1. The number of hydrogen-bond donors (Lipinski definition) is 1. The summed E-state index contributed by atoms with van der Waals surface area (Å²) < 4.78 is 5.58. The second kappa shape index (κ2) is 11.3. The quantitative estimate of drug-likeness (QED) is 0.454. The molecule has 1 aromatic heterocycles. The third-order valence-corrected chi connectivity index (χ3v) is 6.05. The normalized spacial score (nSPS) is 15.9. The van der Waals surface area contributed by atoms with Gasteiger partial charge in [-0.05, 0) is 43.4 Å². The number of anilines is 1. The van der Waals surface area contributed by atoms with Gasteiger partial charge in [0.1, 0.15) is 5.82 Å². The minimum atomic E-state index is -0.0509. The summed E-state index contributed by atoms with van der Waals surface area (Å²) in [4.78, 5) is 24.1. The fourth-order valence-electron chi connectivity index (χ4n) is 3.41. The first kappa shape index (κ1) is 22.6. The maximum Gasteiger partial charge on any atom is 0.251 e. The summed E-state index contributed by atoms with van der Waals surface area (Å²) in [7, 11) is 2.07. The zero-order valence-corrected chi connectivity index (χ0v) is 19.0. The number of nitrogens with one attached hydrogen (secondary N) is 1. The molecule has 1 amide bonds. The summed E-state index contributed by atoms with van der Waals surface area (Å²) >= 11 is 1.61. The smallest absolute Gasteiger partial charge is 0.251 e. The fourth-order valence-corrected chi connectivity index (χ4v) is 4.23. The van der Waals surface area contributed by atoms with Crippen molar-refractivity contribution >= 4 is 23.5 Å². The van der Waals surface area contributed by atoms with E-state index in [1.807, 2.05) is 24.3 Å². The van der Waals surface area contributed by atoms with E-state index < -0.39 is 0 Å². The Hall–Kier alpha value is -2.12. The fraction of sp³-hybridized carbons (Fsp3) is 0.522. The molecule has 6 nitrogen and oxygen atoms in total. The van der Waals surface area contributed by atoms with Gasteiger partial charge >= 0.3 is 0 Å². The van der Waals surface area contributed by atoms with Crippen molar-refractivity contribution in [3.8, 4) is 0 Å². The summed E-state index contributed by atoms with van der Waals surface area (Å²) in [6, 6.07) is 9.84. The molecular weight excluding hydrogens is 396 g/mol. The molecule has 2 heterocycles. The number of aromatic nitrogens is 2. The lowest BCUT2D eigenvalue weighted by molar-refractivity contribution is 0.0857. The third-order valence-electron chi connectivity index (χ3n) is 5.13.